The Kier molecular flexibility index (Phi) is 3.69. The summed E-state index contributed by atoms with van der Waals surface area (Å²) in [5.74, 6) is 5.63. The van der Waals surface area contributed by atoms with Crippen LogP contribution < -0.4 is 11.3 Å². The average Bonchev–Trinajstić information content (AvgIpc) is 2.68. The Morgan fingerprint density at radius 3 is 3.00 bits per heavy atom. The highest BCUT2D eigenvalue weighted by molar-refractivity contribution is 8.00. The van der Waals surface area contributed by atoms with Gasteiger partial charge in [0, 0.05) is 16.2 Å². The van der Waals surface area contributed by atoms with Crippen LogP contribution in [-0.2, 0) is 6.42 Å². The molecule has 0 saturated carbocycles. The van der Waals surface area contributed by atoms with Gasteiger partial charge in [0.2, 0.25) is 0 Å². The molecule has 0 aliphatic carbocycles. The number of hydrazine groups is 1. The van der Waals surface area contributed by atoms with E-state index in [1.165, 1.54) is 16.0 Å². The number of nitrogens with two attached hydrogens (primary N) is 1. The molecule has 16 heavy (non-hydrogen) atoms. The molecule has 86 valence electrons. The summed E-state index contributed by atoms with van der Waals surface area (Å²) in [5.41, 5.74) is 5.55. The largest absolute Gasteiger partial charge is 0.271 e. The molecule has 0 spiro atoms. The van der Waals surface area contributed by atoms with Crippen LogP contribution in [0.3, 0.4) is 0 Å². The van der Waals surface area contributed by atoms with Crippen molar-refractivity contribution in [2.75, 3.05) is 0 Å². The third-order valence-corrected chi connectivity index (χ3v) is 4.35. The van der Waals surface area contributed by atoms with Gasteiger partial charge in [0.05, 0.1) is 0 Å². The first kappa shape index (κ1) is 11.7. The third-order valence-electron chi connectivity index (χ3n) is 2.90. The lowest BCUT2D eigenvalue weighted by atomic mass is 10.0. The van der Waals surface area contributed by atoms with Crippen molar-refractivity contribution in [1.29, 1.82) is 0 Å². The van der Waals surface area contributed by atoms with Crippen molar-refractivity contribution in [3.05, 3.63) is 42.0 Å². The second-order valence-corrected chi connectivity index (χ2v) is 5.68. The first-order valence-electron chi connectivity index (χ1n) is 5.56. The maximum Gasteiger partial charge on any atom is 0.0373 e. The molecule has 2 nitrogen and oxygen atoms in total. The van der Waals surface area contributed by atoms with E-state index >= 15 is 0 Å². The Balaban J connectivity index is 2.06. The Morgan fingerprint density at radius 1 is 1.62 bits per heavy atom. The normalized spacial score (nSPS) is 20.5. The molecule has 1 aromatic carbocycles. The van der Waals surface area contributed by atoms with Crippen LogP contribution in [0.15, 0.2) is 41.3 Å². The lowest BCUT2D eigenvalue weighted by molar-refractivity contribution is 0.505. The fraction of sp³-hybridized carbons (Fsp3) is 0.385. The van der Waals surface area contributed by atoms with Gasteiger partial charge in [0.1, 0.15) is 0 Å². The first-order valence-corrected chi connectivity index (χ1v) is 6.43. The Hall–Kier alpha value is -0.770. The van der Waals surface area contributed by atoms with Gasteiger partial charge in [0.15, 0.2) is 0 Å². The Morgan fingerprint density at radius 2 is 2.38 bits per heavy atom. The molecule has 2 unspecified atom stereocenters. The molecule has 0 saturated heterocycles. The van der Waals surface area contributed by atoms with Crippen molar-refractivity contribution in [3.8, 4) is 0 Å². The minimum Gasteiger partial charge on any atom is -0.271 e. The number of hydrogen-bond acceptors (Lipinski definition) is 3. The summed E-state index contributed by atoms with van der Waals surface area (Å²) < 4.78 is 0. The number of benzene rings is 1. The molecule has 0 aromatic heterocycles. The third kappa shape index (κ3) is 2.48. The summed E-state index contributed by atoms with van der Waals surface area (Å²) in [6, 6.07) is 8.91. The molecule has 1 aromatic rings. The summed E-state index contributed by atoms with van der Waals surface area (Å²) >= 11 is 1.93. The fourth-order valence-corrected chi connectivity index (χ4v) is 3.49. The van der Waals surface area contributed by atoms with Crippen LogP contribution in [0.25, 0.3) is 0 Å². The minimum absolute atomic E-state index is 0.315. The molecule has 0 amide bonds. The summed E-state index contributed by atoms with van der Waals surface area (Å²) in [6.07, 6.45) is 2.05. The summed E-state index contributed by atoms with van der Waals surface area (Å²) in [6.45, 7) is 6.01. The molecular weight excluding hydrogens is 216 g/mol. The van der Waals surface area contributed by atoms with Gasteiger partial charge in [-0.2, -0.15) is 0 Å². The zero-order chi connectivity index (χ0) is 11.5. The molecule has 3 heteroatoms. The van der Waals surface area contributed by atoms with E-state index in [1.807, 2.05) is 11.8 Å². The molecule has 0 radical (unpaired) electrons. The Bertz CT molecular complexity index is 364. The molecule has 1 aliphatic rings. The van der Waals surface area contributed by atoms with Gasteiger partial charge < -0.3 is 0 Å². The van der Waals surface area contributed by atoms with E-state index in [2.05, 4.69) is 43.2 Å². The highest BCUT2D eigenvalue weighted by Crippen LogP contribution is 2.39. The van der Waals surface area contributed by atoms with E-state index in [4.69, 9.17) is 5.84 Å². The molecular formula is C13H18N2S. The molecule has 3 N–H and O–H groups in total. The van der Waals surface area contributed by atoms with Gasteiger partial charge in [-0.3, -0.25) is 11.3 Å². The predicted octanol–water partition coefficient (Wildman–Crippen LogP) is 2.50. The lowest BCUT2D eigenvalue weighted by Crippen LogP contribution is -2.42. The zero-order valence-electron chi connectivity index (χ0n) is 9.57. The van der Waals surface area contributed by atoms with E-state index < -0.39 is 0 Å². The van der Waals surface area contributed by atoms with Crippen molar-refractivity contribution in [1.82, 2.24) is 5.43 Å². The smallest absolute Gasteiger partial charge is 0.0373 e. The van der Waals surface area contributed by atoms with Crippen molar-refractivity contribution in [2.45, 2.75) is 36.0 Å². The first-order chi connectivity index (χ1) is 7.70. The quantitative estimate of drug-likeness (QED) is 0.477. The molecule has 2 atom stereocenters. The van der Waals surface area contributed by atoms with Gasteiger partial charge in [-0.05, 0) is 31.4 Å². The van der Waals surface area contributed by atoms with Crippen molar-refractivity contribution in [2.24, 2.45) is 5.84 Å². The lowest BCUT2D eigenvalue weighted by Gasteiger charge is -2.21. The number of rotatable bonds is 4. The van der Waals surface area contributed by atoms with E-state index in [0.717, 1.165) is 12.8 Å². The van der Waals surface area contributed by atoms with Crippen LogP contribution in [-0.4, -0.2) is 11.3 Å². The van der Waals surface area contributed by atoms with Gasteiger partial charge in [0.25, 0.3) is 0 Å². The van der Waals surface area contributed by atoms with Crippen LogP contribution in [0, 0.1) is 0 Å². The standard InChI is InChI=1S/C13H18N2S/c1-9(2)7-11(15-14)13-8-10-5-3-4-6-12(10)16-13/h3-6,11,13,15H,1,7-8,14H2,2H3. The van der Waals surface area contributed by atoms with E-state index in [0.29, 0.717) is 11.3 Å². The fourth-order valence-electron chi connectivity index (χ4n) is 2.11. The van der Waals surface area contributed by atoms with Gasteiger partial charge in [-0.1, -0.05) is 23.8 Å². The van der Waals surface area contributed by atoms with Crippen molar-refractivity contribution < 1.29 is 0 Å². The van der Waals surface area contributed by atoms with Crippen molar-refractivity contribution >= 4 is 11.8 Å². The van der Waals surface area contributed by atoms with E-state index in [-0.39, 0.29) is 0 Å². The SMILES string of the molecule is C=C(C)CC(NN)C1Cc2ccccc2S1. The minimum atomic E-state index is 0.315. The number of fused-ring (bicyclic) bond motifs is 1. The van der Waals surface area contributed by atoms with E-state index in [9.17, 15) is 0 Å². The van der Waals surface area contributed by atoms with Crippen LogP contribution in [0.1, 0.15) is 18.9 Å². The summed E-state index contributed by atoms with van der Waals surface area (Å²) in [7, 11) is 0. The second-order valence-electron chi connectivity index (χ2n) is 4.40. The maximum atomic E-state index is 5.63. The highest BCUT2D eigenvalue weighted by Gasteiger charge is 2.28. The molecule has 1 heterocycles. The highest BCUT2D eigenvalue weighted by atomic mass is 32.2. The topological polar surface area (TPSA) is 38.0 Å². The summed E-state index contributed by atoms with van der Waals surface area (Å²) in [5, 5.41) is 0.527. The van der Waals surface area contributed by atoms with E-state index in [1.54, 1.807) is 0 Å². The van der Waals surface area contributed by atoms with Crippen LogP contribution in [0.2, 0.25) is 0 Å². The molecule has 2 rings (SSSR count). The van der Waals surface area contributed by atoms with Crippen LogP contribution in [0.4, 0.5) is 0 Å². The molecule has 0 bridgehead atoms. The van der Waals surface area contributed by atoms with Crippen LogP contribution in [0.5, 0.6) is 0 Å². The van der Waals surface area contributed by atoms with Crippen molar-refractivity contribution in [3.63, 3.8) is 0 Å². The zero-order valence-corrected chi connectivity index (χ0v) is 10.4. The number of nitrogens with one attached hydrogen (secondary N) is 1. The molecule has 1 aliphatic heterocycles. The maximum absolute atomic E-state index is 5.63. The summed E-state index contributed by atoms with van der Waals surface area (Å²) in [4.78, 5) is 1.40. The van der Waals surface area contributed by atoms with Crippen LogP contribution >= 0.6 is 11.8 Å². The van der Waals surface area contributed by atoms with Gasteiger partial charge >= 0.3 is 0 Å². The monoisotopic (exact) mass is 234 g/mol. The average molecular weight is 234 g/mol. The number of thioether (sulfide) groups is 1. The van der Waals surface area contributed by atoms with Gasteiger partial charge in [-0.15, -0.1) is 18.3 Å². The predicted molar refractivity (Wildman–Crippen MR) is 70.3 cm³/mol. The Labute approximate surface area is 101 Å². The van der Waals surface area contributed by atoms with Gasteiger partial charge in [-0.25, -0.2) is 0 Å². The number of hydrogen-bond donors (Lipinski definition) is 2. The second kappa shape index (κ2) is 5.04. The molecule has 0 fully saturated rings.